The van der Waals surface area contributed by atoms with Gasteiger partial charge in [0.05, 0.1) is 5.75 Å². The lowest BCUT2D eigenvalue weighted by molar-refractivity contribution is -0.139. The number of benzene rings is 2. The van der Waals surface area contributed by atoms with Crippen molar-refractivity contribution in [3.63, 3.8) is 0 Å². The van der Waals surface area contributed by atoms with Gasteiger partial charge in [-0.05, 0) is 37.3 Å². The number of aryl methyl sites for hydroxylation is 2. The van der Waals surface area contributed by atoms with Crippen LogP contribution < -0.4 is 5.32 Å². The molecule has 0 aromatic heterocycles. The molecule has 0 heterocycles. The van der Waals surface area contributed by atoms with Crippen LogP contribution in [0.2, 0.25) is 0 Å². The predicted octanol–water partition coefficient (Wildman–Crippen LogP) is 5.12. The number of nitrogens with one attached hydrogen (secondary N) is 1. The van der Waals surface area contributed by atoms with Crippen molar-refractivity contribution in [2.45, 2.75) is 59.4 Å². The maximum Gasteiger partial charge on any atom is 0.242 e. The highest BCUT2D eigenvalue weighted by atomic mass is 32.2. The summed E-state index contributed by atoms with van der Waals surface area (Å²) in [6.07, 6.45) is 0.587. The van der Waals surface area contributed by atoms with Gasteiger partial charge in [-0.2, -0.15) is 0 Å². The van der Waals surface area contributed by atoms with Gasteiger partial charge in [0.2, 0.25) is 11.8 Å². The van der Waals surface area contributed by atoms with E-state index in [0.29, 0.717) is 31.2 Å². The van der Waals surface area contributed by atoms with Crippen LogP contribution in [-0.4, -0.2) is 35.1 Å². The molecule has 0 aliphatic carbocycles. The molecule has 0 saturated carbocycles. The number of carbonyl (C=O) groups excluding carboxylic acids is 2. The van der Waals surface area contributed by atoms with Crippen molar-refractivity contribution in [1.29, 1.82) is 0 Å². The third-order valence-electron chi connectivity index (χ3n) is 5.16. The molecule has 0 aliphatic heterocycles. The molecule has 1 N–H and O–H groups in total. The molecular weight excluding hydrogens is 404 g/mol. The number of carbonyl (C=O) groups is 2. The van der Waals surface area contributed by atoms with Crippen LogP contribution >= 0.6 is 11.8 Å². The number of thioether (sulfide) groups is 1. The minimum Gasteiger partial charge on any atom is -0.354 e. The van der Waals surface area contributed by atoms with Crippen molar-refractivity contribution in [2.24, 2.45) is 5.92 Å². The molecule has 0 spiro atoms. The number of rotatable bonds is 11. The van der Waals surface area contributed by atoms with E-state index in [4.69, 9.17) is 0 Å². The van der Waals surface area contributed by atoms with Gasteiger partial charge in [-0.15, -0.1) is 11.8 Å². The molecule has 0 radical (unpaired) electrons. The Balaban J connectivity index is 2.10. The average Bonchev–Trinajstić information content (AvgIpc) is 2.74. The van der Waals surface area contributed by atoms with Crippen LogP contribution in [0.1, 0.15) is 49.4 Å². The van der Waals surface area contributed by atoms with E-state index in [1.54, 1.807) is 16.7 Å². The van der Waals surface area contributed by atoms with Crippen LogP contribution in [0.3, 0.4) is 0 Å². The predicted molar refractivity (Wildman–Crippen MR) is 131 cm³/mol. The van der Waals surface area contributed by atoms with E-state index in [-0.39, 0.29) is 11.8 Å². The molecule has 31 heavy (non-hydrogen) atoms. The third-order valence-corrected chi connectivity index (χ3v) is 6.15. The van der Waals surface area contributed by atoms with Gasteiger partial charge in [0.15, 0.2) is 0 Å². The molecule has 2 rings (SSSR count). The number of nitrogens with zero attached hydrogens (tertiary/aromatic N) is 1. The Morgan fingerprint density at radius 1 is 0.935 bits per heavy atom. The average molecular weight is 441 g/mol. The Labute approximate surface area is 191 Å². The van der Waals surface area contributed by atoms with Crippen LogP contribution in [0.25, 0.3) is 0 Å². The molecule has 1 atom stereocenters. The molecule has 5 heteroatoms. The van der Waals surface area contributed by atoms with Gasteiger partial charge in [-0.1, -0.05) is 80.4 Å². The summed E-state index contributed by atoms with van der Waals surface area (Å²) in [5.74, 6) is 1.44. The lowest BCUT2D eigenvalue weighted by Gasteiger charge is -2.31. The van der Waals surface area contributed by atoms with Crippen molar-refractivity contribution in [3.8, 4) is 0 Å². The molecule has 0 bridgehead atoms. The molecule has 1 unspecified atom stereocenters. The molecule has 168 valence electrons. The van der Waals surface area contributed by atoms with Crippen LogP contribution in [0.4, 0.5) is 0 Å². The summed E-state index contributed by atoms with van der Waals surface area (Å²) in [6.45, 7) is 11.3. The summed E-state index contributed by atoms with van der Waals surface area (Å²) in [5, 5.41) is 3.01. The maximum absolute atomic E-state index is 13.2. The minimum absolute atomic E-state index is 0.00392. The molecule has 0 aliphatic rings. The second-order valence-corrected chi connectivity index (χ2v) is 9.53. The first-order valence-electron chi connectivity index (χ1n) is 11.1. The fourth-order valence-corrected chi connectivity index (χ4v) is 4.13. The molecule has 0 saturated heterocycles. The fraction of sp³-hybridized carbons (Fsp3) is 0.462. The highest BCUT2D eigenvalue weighted by Gasteiger charge is 2.28. The van der Waals surface area contributed by atoms with Gasteiger partial charge in [0.25, 0.3) is 0 Å². The van der Waals surface area contributed by atoms with E-state index in [9.17, 15) is 9.59 Å². The summed E-state index contributed by atoms with van der Waals surface area (Å²) in [5.41, 5.74) is 4.65. The summed E-state index contributed by atoms with van der Waals surface area (Å²) in [7, 11) is 0. The summed E-state index contributed by atoms with van der Waals surface area (Å²) in [6, 6.07) is 16.1. The summed E-state index contributed by atoms with van der Waals surface area (Å²) >= 11 is 1.60. The van der Waals surface area contributed by atoms with Crippen molar-refractivity contribution in [2.75, 3.05) is 12.3 Å². The largest absolute Gasteiger partial charge is 0.354 e. The Hall–Kier alpha value is -2.27. The SMILES string of the molecule is CCC(C(=O)NCC(C)C)N(Cc1ccc(C)cc1)C(=O)CSCc1ccc(C)cc1. The standard InChI is InChI=1S/C26H36N2O2S/c1-6-24(26(30)27-15-19(2)3)28(16-22-11-7-20(4)8-12-22)25(29)18-31-17-23-13-9-21(5)10-14-23/h7-14,19,24H,6,15-18H2,1-5H3,(H,27,30). The highest BCUT2D eigenvalue weighted by Crippen LogP contribution is 2.18. The van der Waals surface area contributed by atoms with Crippen molar-refractivity contribution in [3.05, 3.63) is 70.8 Å². The van der Waals surface area contributed by atoms with Crippen molar-refractivity contribution in [1.82, 2.24) is 10.2 Å². The minimum atomic E-state index is -0.465. The second-order valence-electron chi connectivity index (χ2n) is 8.55. The number of hydrogen-bond donors (Lipinski definition) is 1. The lowest BCUT2D eigenvalue weighted by Crippen LogP contribution is -2.50. The van der Waals surface area contributed by atoms with Gasteiger partial charge in [0, 0.05) is 18.8 Å². The monoisotopic (exact) mass is 440 g/mol. The Kier molecular flexibility index (Phi) is 10.1. The zero-order chi connectivity index (χ0) is 22.8. The van der Waals surface area contributed by atoms with E-state index >= 15 is 0 Å². The molecule has 0 fully saturated rings. The molecular formula is C26H36N2O2S. The summed E-state index contributed by atoms with van der Waals surface area (Å²) < 4.78 is 0. The normalized spacial score (nSPS) is 11.9. The third kappa shape index (κ3) is 8.41. The lowest BCUT2D eigenvalue weighted by atomic mass is 10.1. The van der Waals surface area contributed by atoms with Crippen LogP contribution in [0.5, 0.6) is 0 Å². The first-order valence-corrected chi connectivity index (χ1v) is 12.2. The molecule has 2 aromatic carbocycles. The zero-order valence-electron chi connectivity index (χ0n) is 19.5. The van der Waals surface area contributed by atoms with Crippen LogP contribution in [0.15, 0.2) is 48.5 Å². The van der Waals surface area contributed by atoms with Crippen molar-refractivity contribution < 1.29 is 9.59 Å². The summed E-state index contributed by atoms with van der Waals surface area (Å²) in [4.78, 5) is 27.9. The Bertz CT molecular complexity index is 831. The zero-order valence-corrected chi connectivity index (χ0v) is 20.3. The van der Waals surface area contributed by atoms with Crippen molar-refractivity contribution >= 4 is 23.6 Å². The fourth-order valence-electron chi connectivity index (χ4n) is 3.26. The first-order chi connectivity index (χ1) is 14.8. The van der Waals surface area contributed by atoms with Gasteiger partial charge in [-0.3, -0.25) is 9.59 Å². The Morgan fingerprint density at radius 3 is 2.00 bits per heavy atom. The van der Waals surface area contributed by atoms with E-state index < -0.39 is 6.04 Å². The Morgan fingerprint density at radius 2 is 1.48 bits per heavy atom. The number of hydrogen-bond acceptors (Lipinski definition) is 3. The van der Waals surface area contributed by atoms with Gasteiger partial charge in [-0.25, -0.2) is 0 Å². The van der Waals surface area contributed by atoms with E-state index in [2.05, 4.69) is 50.4 Å². The van der Waals surface area contributed by atoms with Crippen LogP contribution in [0, 0.1) is 19.8 Å². The second kappa shape index (κ2) is 12.6. The molecule has 2 aromatic rings. The quantitative estimate of drug-likeness (QED) is 0.528. The van der Waals surface area contributed by atoms with Gasteiger partial charge >= 0.3 is 0 Å². The maximum atomic E-state index is 13.2. The van der Waals surface area contributed by atoms with E-state index in [1.807, 2.05) is 38.1 Å². The van der Waals surface area contributed by atoms with E-state index in [0.717, 1.165) is 11.3 Å². The smallest absolute Gasteiger partial charge is 0.242 e. The topological polar surface area (TPSA) is 49.4 Å². The molecule has 4 nitrogen and oxygen atoms in total. The first kappa shape index (κ1) is 25.0. The number of amides is 2. The van der Waals surface area contributed by atoms with E-state index in [1.165, 1.54) is 16.7 Å². The highest BCUT2D eigenvalue weighted by molar-refractivity contribution is 7.99. The van der Waals surface area contributed by atoms with Gasteiger partial charge < -0.3 is 10.2 Å². The van der Waals surface area contributed by atoms with Crippen LogP contribution in [-0.2, 0) is 21.9 Å². The molecule has 2 amide bonds. The van der Waals surface area contributed by atoms with Gasteiger partial charge in [0.1, 0.15) is 6.04 Å².